The van der Waals surface area contributed by atoms with Gasteiger partial charge in [-0.2, -0.15) is 0 Å². The maximum atomic E-state index is 12.0. The maximum absolute atomic E-state index is 12.0. The van der Waals surface area contributed by atoms with E-state index in [0.29, 0.717) is 5.02 Å². The SMILES string of the molecule is Nc1ncc(S(=O)(=O)Nc2ccc(Cl)c(Cl)c2)cn1. The van der Waals surface area contributed by atoms with Crippen molar-refractivity contribution in [2.75, 3.05) is 10.5 Å². The van der Waals surface area contributed by atoms with Gasteiger partial charge in [-0.25, -0.2) is 18.4 Å². The number of sulfonamides is 1. The van der Waals surface area contributed by atoms with Gasteiger partial charge in [0.05, 0.1) is 28.1 Å². The summed E-state index contributed by atoms with van der Waals surface area (Å²) in [6.07, 6.45) is 2.23. The molecule has 0 aliphatic rings. The molecule has 0 bridgehead atoms. The predicted octanol–water partition coefficient (Wildman–Crippen LogP) is 2.17. The van der Waals surface area contributed by atoms with Crippen molar-refractivity contribution in [3.05, 3.63) is 40.6 Å². The van der Waals surface area contributed by atoms with Crippen LogP contribution in [-0.2, 0) is 10.0 Å². The van der Waals surface area contributed by atoms with E-state index in [1.54, 1.807) is 0 Å². The number of nitrogen functional groups attached to an aromatic ring is 1. The van der Waals surface area contributed by atoms with Crippen LogP contribution < -0.4 is 10.5 Å². The minimum atomic E-state index is -3.79. The van der Waals surface area contributed by atoms with Gasteiger partial charge in [0.15, 0.2) is 0 Å². The van der Waals surface area contributed by atoms with Crippen LogP contribution in [0.2, 0.25) is 10.0 Å². The normalized spacial score (nSPS) is 11.3. The zero-order chi connectivity index (χ0) is 14.0. The van der Waals surface area contributed by atoms with Crippen molar-refractivity contribution in [3.8, 4) is 0 Å². The molecule has 0 radical (unpaired) electrons. The average molecular weight is 319 g/mol. The van der Waals surface area contributed by atoms with Gasteiger partial charge in [-0.15, -0.1) is 0 Å². The zero-order valence-corrected chi connectivity index (χ0v) is 11.7. The van der Waals surface area contributed by atoms with Gasteiger partial charge >= 0.3 is 0 Å². The first-order valence-corrected chi connectivity index (χ1v) is 7.18. The van der Waals surface area contributed by atoms with E-state index >= 15 is 0 Å². The number of anilines is 2. The Morgan fingerprint density at radius 1 is 1.11 bits per heavy atom. The smallest absolute Gasteiger partial charge is 0.264 e. The summed E-state index contributed by atoms with van der Waals surface area (Å²) in [6, 6.07) is 4.38. The molecule has 1 heterocycles. The van der Waals surface area contributed by atoms with Gasteiger partial charge < -0.3 is 5.73 Å². The lowest BCUT2D eigenvalue weighted by molar-refractivity contribution is 0.600. The Bertz CT molecular complexity index is 704. The number of rotatable bonds is 3. The molecular weight excluding hydrogens is 311 g/mol. The molecule has 0 saturated carbocycles. The Hall–Kier alpha value is -1.57. The van der Waals surface area contributed by atoms with E-state index in [4.69, 9.17) is 28.9 Å². The lowest BCUT2D eigenvalue weighted by Gasteiger charge is -2.08. The van der Waals surface area contributed by atoms with Crippen molar-refractivity contribution in [1.82, 2.24) is 9.97 Å². The largest absolute Gasteiger partial charge is 0.368 e. The first-order valence-electron chi connectivity index (χ1n) is 4.94. The van der Waals surface area contributed by atoms with Crippen LogP contribution in [0.15, 0.2) is 35.5 Å². The molecule has 0 atom stereocenters. The van der Waals surface area contributed by atoms with Crippen molar-refractivity contribution in [1.29, 1.82) is 0 Å². The van der Waals surface area contributed by atoms with Crippen molar-refractivity contribution < 1.29 is 8.42 Å². The third kappa shape index (κ3) is 3.25. The summed E-state index contributed by atoms with van der Waals surface area (Å²) in [5, 5.41) is 0.579. The fraction of sp³-hybridized carbons (Fsp3) is 0. The highest BCUT2D eigenvalue weighted by Crippen LogP contribution is 2.26. The summed E-state index contributed by atoms with van der Waals surface area (Å²) in [5.74, 6) is -0.00603. The van der Waals surface area contributed by atoms with Crippen LogP contribution in [0.5, 0.6) is 0 Å². The highest BCUT2D eigenvalue weighted by Gasteiger charge is 2.15. The molecule has 0 spiro atoms. The number of nitrogens with zero attached hydrogens (tertiary/aromatic N) is 2. The third-order valence-electron chi connectivity index (χ3n) is 2.13. The van der Waals surface area contributed by atoms with Gasteiger partial charge in [-0.3, -0.25) is 4.72 Å². The summed E-state index contributed by atoms with van der Waals surface area (Å²) in [7, 11) is -3.79. The topological polar surface area (TPSA) is 98.0 Å². The zero-order valence-electron chi connectivity index (χ0n) is 9.34. The standard InChI is InChI=1S/C10H8Cl2N4O2S/c11-8-2-1-6(3-9(8)12)16-19(17,18)7-4-14-10(13)15-5-7/h1-5,16H,(H2,13,14,15). The fourth-order valence-electron chi connectivity index (χ4n) is 1.24. The van der Waals surface area contributed by atoms with Gasteiger partial charge in [-0.05, 0) is 18.2 Å². The summed E-state index contributed by atoms with van der Waals surface area (Å²) < 4.78 is 26.3. The first-order chi connectivity index (χ1) is 8.88. The Labute approximate surface area is 119 Å². The molecule has 6 nitrogen and oxygen atoms in total. The fourth-order valence-corrected chi connectivity index (χ4v) is 2.47. The molecule has 3 N–H and O–H groups in total. The number of nitrogens with two attached hydrogens (primary N) is 1. The van der Waals surface area contributed by atoms with E-state index in [2.05, 4.69) is 14.7 Å². The van der Waals surface area contributed by atoms with E-state index in [1.165, 1.54) is 18.2 Å². The van der Waals surface area contributed by atoms with E-state index in [1.807, 2.05) is 0 Å². The van der Waals surface area contributed by atoms with Crippen LogP contribution >= 0.6 is 23.2 Å². The molecular formula is C10H8Cl2N4O2S. The Morgan fingerprint density at radius 3 is 2.32 bits per heavy atom. The average Bonchev–Trinajstić information content (AvgIpc) is 2.34. The third-order valence-corrected chi connectivity index (χ3v) is 4.21. The van der Waals surface area contributed by atoms with E-state index < -0.39 is 10.0 Å². The van der Waals surface area contributed by atoms with E-state index in [9.17, 15) is 8.42 Å². The molecule has 2 rings (SSSR count). The summed E-state index contributed by atoms with van der Waals surface area (Å²) in [4.78, 5) is 7.13. The Balaban J connectivity index is 2.30. The monoisotopic (exact) mass is 318 g/mol. The number of benzene rings is 1. The van der Waals surface area contributed by atoms with Gasteiger partial charge in [0.1, 0.15) is 4.90 Å². The second-order valence-corrected chi connectivity index (χ2v) is 6.01. The summed E-state index contributed by atoms with van der Waals surface area (Å²) in [6.45, 7) is 0. The minimum Gasteiger partial charge on any atom is -0.368 e. The van der Waals surface area contributed by atoms with Crippen LogP contribution in [0, 0.1) is 0 Å². The molecule has 0 unspecified atom stereocenters. The van der Waals surface area contributed by atoms with Crippen molar-refractivity contribution in [2.24, 2.45) is 0 Å². The molecule has 0 amide bonds. The molecule has 0 aliphatic heterocycles. The number of aromatic nitrogens is 2. The van der Waals surface area contributed by atoms with Crippen LogP contribution in [0.25, 0.3) is 0 Å². The molecule has 0 saturated heterocycles. The minimum absolute atomic E-state index is 0.00603. The van der Waals surface area contributed by atoms with Gasteiger partial charge in [0.2, 0.25) is 5.95 Å². The van der Waals surface area contributed by atoms with Crippen LogP contribution in [-0.4, -0.2) is 18.4 Å². The molecule has 9 heteroatoms. The van der Waals surface area contributed by atoms with Gasteiger partial charge in [0, 0.05) is 0 Å². The van der Waals surface area contributed by atoms with Crippen molar-refractivity contribution in [2.45, 2.75) is 4.90 Å². The van der Waals surface area contributed by atoms with Gasteiger partial charge in [0.25, 0.3) is 10.0 Å². The molecule has 19 heavy (non-hydrogen) atoms. The van der Waals surface area contributed by atoms with Gasteiger partial charge in [-0.1, -0.05) is 23.2 Å². The molecule has 100 valence electrons. The summed E-state index contributed by atoms with van der Waals surface area (Å²) >= 11 is 11.5. The second-order valence-electron chi connectivity index (χ2n) is 3.51. The highest BCUT2D eigenvalue weighted by molar-refractivity contribution is 7.92. The lowest BCUT2D eigenvalue weighted by atomic mass is 10.3. The number of nitrogens with one attached hydrogen (secondary N) is 1. The quantitative estimate of drug-likeness (QED) is 0.903. The number of hydrogen-bond donors (Lipinski definition) is 2. The molecule has 2 aromatic rings. The molecule has 1 aromatic carbocycles. The molecule has 0 fully saturated rings. The second kappa shape index (κ2) is 5.20. The van der Waals surface area contributed by atoms with Crippen molar-refractivity contribution >= 4 is 44.9 Å². The summed E-state index contributed by atoms with van der Waals surface area (Å²) in [5.41, 5.74) is 5.57. The lowest BCUT2D eigenvalue weighted by Crippen LogP contribution is -2.14. The van der Waals surface area contributed by atoms with Crippen LogP contribution in [0.4, 0.5) is 11.6 Å². The predicted molar refractivity (Wildman–Crippen MR) is 73.7 cm³/mol. The maximum Gasteiger partial charge on any atom is 0.264 e. The highest BCUT2D eigenvalue weighted by atomic mass is 35.5. The van der Waals surface area contributed by atoms with Crippen LogP contribution in [0.3, 0.4) is 0 Å². The Kier molecular flexibility index (Phi) is 3.79. The van der Waals surface area contributed by atoms with E-state index in [-0.39, 0.29) is 21.6 Å². The Morgan fingerprint density at radius 2 is 1.74 bits per heavy atom. The first kappa shape index (κ1) is 13.9. The number of hydrogen-bond acceptors (Lipinski definition) is 5. The van der Waals surface area contributed by atoms with E-state index in [0.717, 1.165) is 12.4 Å². The molecule has 0 aliphatic carbocycles. The molecule has 1 aromatic heterocycles. The van der Waals surface area contributed by atoms with Crippen molar-refractivity contribution in [3.63, 3.8) is 0 Å². The number of halogens is 2. The van der Waals surface area contributed by atoms with Crippen LogP contribution in [0.1, 0.15) is 0 Å².